The Morgan fingerprint density at radius 2 is 0.880 bits per heavy atom. The van der Waals surface area contributed by atoms with Crippen LogP contribution >= 0.6 is 0 Å². The number of carbonyl (C=O) groups excluding carboxylic acids is 4. The maximum Gasteiger partial charge on any atom is 0.337 e. The summed E-state index contributed by atoms with van der Waals surface area (Å²) in [6.45, 7) is 17.7. The van der Waals surface area contributed by atoms with Gasteiger partial charge in [-0.25, -0.2) is 9.59 Å². The molecule has 0 aromatic heterocycles. The molecule has 6 aromatic carbocycles. The van der Waals surface area contributed by atoms with Crippen molar-refractivity contribution < 1.29 is 47.6 Å². The van der Waals surface area contributed by atoms with Gasteiger partial charge in [-0.1, -0.05) is 148 Å². The number of aryl methyl sites for hydroxylation is 5. The Morgan fingerprint density at radius 3 is 1.30 bits per heavy atom. The highest BCUT2D eigenvalue weighted by Gasteiger charge is 2.60. The molecule has 16 nitrogen and oxygen atoms in total. The first-order valence-electron chi connectivity index (χ1n) is 32.8. The van der Waals surface area contributed by atoms with Crippen LogP contribution in [0, 0.1) is 0 Å². The monoisotopic (exact) mass is 1240 g/mol. The molecule has 6 aliphatic heterocycles. The first kappa shape index (κ1) is 63.7. The minimum atomic E-state index is -1.43. The van der Waals surface area contributed by atoms with Crippen molar-refractivity contribution in [1.29, 1.82) is 0 Å². The zero-order valence-electron chi connectivity index (χ0n) is 53.4. The minimum Gasteiger partial charge on any atom is -0.463 e. The molecular weight excluding hydrogens is 1160 g/mol. The smallest absolute Gasteiger partial charge is 0.337 e. The Bertz CT molecular complexity index is 3750. The van der Waals surface area contributed by atoms with Gasteiger partial charge in [-0.15, -0.1) is 0 Å². The average molecular weight is 1240 g/mol. The SMILES string of the molecule is CCOC(=O)C1=C(C(=O)Nc2c(CC)cccc2CCc2ccc(N[C@H](c3ccc(CN4CCOCC4)cc3)[C@]34C=C[C@H](O3)C(C(=O)Nc3c(CC)cccc3CC)=C4C(=O)OCC)cc2)[C@H]2C=C[C@]1([C@H](Nc1ccccc1)c1ccc(CN3CCOCC3)cc1)O2. The molecule has 0 unspecified atom stereocenters. The number of carbonyl (C=O) groups is 4. The van der Waals surface area contributed by atoms with E-state index in [1.165, 1.54) is 0 Å². The lowest BCUT2D eigenvalue weighted by Crippen LogP contribution is -2.42. The van der Waals surface area contributed by atoms with Crippen LogP contribution in [0.2, 0.25) is 0 Å². The van der Waals surface area contributed by atoms with Crippen LogP contribution in [0.1, 0.15) is 96.8 Å². The quantitative estimate of drug-likeness (QED) is 0.0298. The Labute approximate surface area is 540 Å². The van der Waals surface area contributed by atoms with Crippen molar-refractivity contribution in [3.05, 3.63) is 236 Å². The molecule has 6 aromatic rings. The molecule has 0 radical (unpaired) electrons. The molecule has 0 saturated carbocycles. The Balaban J connectivity index is 0.820. The fraction of sp³-hybridized carbons (Fsp3) is 0.368. The molecule has 92 heavy (non-hydrogen) atoms. The predicted molar refractivity (Wildman–Crippen MR) is 357 cm³/mol. The Kier molecular flexibility index (Phi) is 19.8. The predicted octanol–water partition coefficient (Wildman–Crippen LogP) is 11.5. The minimum absolute atomic E-state index is 0.107. The second kappa shape index (κ2) is 28.6. The van der Waals surface area contributed by atoms with Crippen LogP contribution in [0.15, 0.2) is 186 Å². The number of esters is 2. The van der Waals surface area contributed by atoms with E-state index in [4.69, 9.17) is 28.4 Å². The largest absolute Gasteiger partial charge is 0.463 e. The number of hydrogen-bond acceptors (Lipinski definition) is 14. The van der Waals surface area contributed by atoms with Crippen LogP contribution in [0.4, 0.5) is 22.7 Å². The molecule has 0 aliphatic carbocycles. The molecule has 2 saturated heterocycles. The normalized spacial score (nSPS) is 21.5. The molecule has 4 N–H and O–H groups in total. The third kappa shape index (κ3) is 13.1. The van der Waals surface area contributed by atoms with Gasteiger partial charge in [-0.05, 0) is 132 Å². The molecule has 6 atom stereocenters. The second-order valence-electron chi connectivity index (χ2n) is 24.2. The number of nitrogens with one attached hydrogen (secondary N) is 4. The van der Waals surface area contributed by atoms with Gasteiger partial charge >= 0.3 is 11.9 Å². The fourth-order valence-corrected chi connectivity index (χ4v) is 13.9. The molecule has 12 rings (SSSR count). The van der Waals surface area contributed by atoms with Gasteiger partial charge in [0.25, 0.3) is 11.8 Å². The van der Waals surface area contributed by atoms with Crippen LogP contribution in [-0.4, -0.2) is 123 Å². The molecule has 4 bridgehead atoms. The zero-order chi connectivity index (χ0) is 63.8. The summed E-state index contributed by atoms with van der Waals surface area (Å²) in [5.74, 6) is -2.06. The second-order valence-corrected chi connectivity index (χ2v) is 24.2. The van der Waals surface area contributed by atoms with Crippen LogP contribution in [0.3, 0.4) is 0 Å². The topological polar surface area (TPSA) is 178 Å². The van der Waals surface area contributed by atoms with Crippen molar-refractivity contribution >= 4 is 46.5 Å². The number of para-hydroxylation sites is 3. The molecule has 2 fully saturated rings. The molecule has 0 spiro atoms. The number of morpholine rings is 2. The lowest BCUT2D eigenvalue weighted by Gasteiger charge is -2.36. The van der Waals surface area contributed by atoms with E-state index >= 15 is 4.79 Å². The molecule has 6 heterocycles. The third-order valence-electron chi connectivity index (χ3n) is 18.6. The van der Waals surface area contributed by atoms with Gasteiger partial charge in [0.2, 0.25) is 0 Å². The number of anilines is 4. The first-order valence-corrected chi connectivity index (χ1v) is 32.8. The van der Waals surface area contributed by atoms with E-state index in [0.29, 0.717) is 64.2 Å². The molecular formula is C76H84N6O10. The molecule has 478 valence electrons. The van der Waals surface area contributed by atoms with Gasteiger partial charge in [-0.3, -0.25) is 19.4 Å². The summed E-state index contributed by atoms with van der Waals surface area (Å²) in [7, 11) is 0. The van der Waals surface area contributed by atoms with E-state index in [2.05, 4.69) is 113 Å². The summed E-state index contributed by atoms with van der Waals surface area (Å²) in [6.07, 6.45) is 9.24. The third-order valence-corrected chi connectivity index (χ3v) is 18.6. The number of nitrogens with zero attached hydrogens (tertiary/aromatic N) is 2. The maximum atomic E-state index is 15.2. The summed E-state index contributed by atoms with van der Waals surface area (Å²) in [5, 5.41) is 14.1. The van der Waals surface area contributed by atoms with Gasteiger partial charge in [0, 0.05) is 62.0 Å². The van der Waals surface area contributed by atoms with Crippen LogP contribution < -0.4 is 21.3 Å². The number of hydrogen-bond donors (Lipinski definition) is 4. The van der Waals surface area contributed by atoms with Gasteiger partial charge in [-0.2, -0.15) is 0 Å². The average Bonchev–Trinajstić information content (AvgIpc) is 1.56. The van der Waals surface area contributed by atoms with Crippen LogP contribution in [-0.2, 0) is 92.8 Å². The van der Waals surface area contributed by atoms with Gasteiger partial charge < -0.3 is 49.7 Å². The van der Waals surface area contributed by atoms with Crippen molar-refractivity contribution in [1.82, 2.24) is 9.80 Å². The standard InChI is InChI=1S/C76H84N6O10/c1-6-53-16-14-17-54(7-2)67(53)79-71(83)63-61-37-39-76(92-61,65(63)73(85)89-9-4)70(58-32-25-52(26-33-58)49-82-42-46-88-47-43-82)78-60-34-27-50(28-35-60)22-29-56-19-15-18-55(8-3)68(56)80-72(84)64-62-36-38-75(91-62,66(64)74(86)90-10-5)69(77-59-20-12-11-13-21-59)57-30-23-51(24-31-57)48-81-40-44-87-45-41-81/h11-21,23-28,30-39,61-62,69-70,77-78H,6-10,22,29,40-49H2,1-5H3,(H,79,83)(H,80,84)/t61-,62+,69+,70+,75-,76+/m0/s1. The Morgan fingerprint density at radius 1 is 0.478 bits per heavy atom. The summed E-state index contributed by atoms with van der Waals surface area (Å²) in [4.78, 5) is 63.9. The number of fused-ring (bicyclic) bond motifs is 4. The van der Waals surface area contributed by atoms with E-state index in [9.17, 15) is 14.4 Å². The lowest BCUT2D eigenvalue weighted by atomic mass is 9.78. The van der Waals surface area contributed by atoms with Gasteiger partial charge in [0.15, 0.2) is 0 Å². The zero-order valence-corrected chi connectivity index (χ0v) is 53.4. The number of amides is 2. The number of ether oxygens (including phenoxy) is 6. The summed E-state index contributed by atoms with van der Waals surface area (Å²) < 4.78 is 36.8. The first-order chi connectivity index (χ1) is 45.0. The molecule has 2 amide bonds. The molecule has 16 heteroatoms. The summed E-state index contributed by atoms with van der Waals surface area (Å²) in [5.41, 5.74) is 9.97. The van der Waals surface area contributed by atoms with E-state index in [0.717, 1.165) is 106 Å². The van der Waals surface area contributed by atoms with Gasteiger partial charge in [0.05, 0.1) is 74.0 Å². The van der Waals surface area contributed by atoms with Crippen molar-refractivity contribution in [3.63, 3.8) is 0 Å². The number of rotatable bonds is 26. The maximum absolute atomic E-state index is 15.2. The highest BCUT2D eigenvalue weighted by atomic mass is 16.6. The highest BCUT2D eigenvalue weighted by Crippen LogP contribution is 2.54. The van der Waals surface area contributed by atoms with E-state index < -0.39 is 59.2 Å². The lowest BCUT2D eigenvalue weighted by molar-refractivity contribution is -0.141. The van der Waals surface area contributed by atoms with Crippen molar-refractivity contribution in [2.24, 2.45) is 0 Å². The highest BCUT2D eigenvalue weighted by molar-refractivity contribution is 6.14. The van der Waals surface area contributed by atoms with E-state index in [-0.39, 0.29) is 35.5 Å². The summed E-state index contributed by atoms with van der Waals surface area (Å²) in [6, 6.07) is 45.6. The van der Waals surface area contributed by atoms with Crippen molar-refractivity contribution in [2.75, 3.05) is 87.1 Å². The fourth-order valence-electron chi connectivity index (χ4n) is 13.9. The van der Waals surface area contributed by atoms with Gasteiger partial charge in [0.1, 0.15) is 23.4 Å². The number of benzene rings is 6. The summed E-state index contributed by atoms with van der Waals surface area (Å²) >= 11 is 0. The Hall–Kier alpha value is -8.48. The van der Waals surface area contributed by atoms with E-state index in [1.807, 2.05) is 103 Å². The van der Waals surface area contributed by atoms with Crippen molar-refractivity contribution in [2.45, 2.75) is 115 Å². The van der Waals surface area contributed by atoms with E-state index in [1.54, 1.807) is 13.8 Å². The van der Waals surface area contributed by atoms with Crippen LogP contribution in [0.25, 0.3) is 0 Å². The van der Waals surface area contributed by atoms with Crippen LogP contribution in [0.5, 0.6) is 0 Å². The van der Waals surface area contributed by atoms with Crippen molar-refractivity contribution in [3.8, 4) is 0 Å². The molecule has 6 aliphatic rings.